The molecule has 2 amide bonds. The molecule has 24 heavy (non-hydrogen) atoms. The summed E-state index contributed by atoms with van der Waals surface area (Å²) in [6, 6.07) is 5.65. The summed E-state index contributed by atoms with van der Waals surface area (Å²) in [6.45, 7) is 4.69. The van der Waals surface area contributed by atoms with Crippen LogP contribution in [0, 0.1) is 5.82 Å². The largest absolute Gasteiger partial charge is 0.361 e. The van der Waals surface area contributed by atoms with Crippen LogP contribution in [0.5, 0.6) is 0 Å². The van der Waals surface area contributed by atoms with Crippen LogP contribution >= 0.6 is 11.6 Å². The summed E-state index contributed by atoms with van der Waals surface area (Å²) in [6.07, 6.45) is 1.73. The molecule has 1 N–H and O–H groups in total. The van der Waals surface area contributed by atoms with Gasteiger partial charge in [-0.15, -0.1) is 0 Å². The fourth-order valence-electron chi connectivity index (χ4n) is 2.82. The van der Waals surface area contributed by atoms with E-state index in [1.165, 1.54) is 18.2 Å². The number of hydrogen-bond acceptors (Lipinski definition) is 3. The molecule has 7 heteroatoms. The Morgan fingerprint density at radius 1 is 1.46 bits per heavy atom. The summed E-state index contributed by atoms with van der Waals surface area (Å²) in [5, 5.41) is 6.85. The molecule has 0 unspecified atom stereocenters. The lowest BCUT2D eigenvalue weighted by Gasteiger charge is -2.23. The maximum Gasteiger partial charge on any atom is 0.322 e. The first-order valence-corrected chi connectivity index (χ1v) is 8.32. The molecular weight excluding hydrogens is 333 g/mol. The molecular formula is C17H19ClFN3O2. The molecule has 0 spiro atoms. The molecule has 0 saturated carbocycles. The Hall–Kier alpha value is -2.08. The van der Waals surface area contributed by atoms with Crippen LogP contribution in [0.4, 0.5) is 14.9 Å². The second-order valence-electron chi connectivity index (χ2n) is 6.22. The van der Waals surface area contributed by atoms with Crippen LogP contribution in [0.3, 0.4) is 0 Å². The second-order valence-corrected chi connectivity index (χ2v) is 6.63. The minimum absolute atomic E-state index is 0.0242. The van der Waals surface area contributed by atoms with Gasteiger partial charge in [0.05, 0.1) is 11.1 Å². The van der Waals surface area contributed by atoms with Gasteiger partial charge in [-0.2, -0.15) is 0 Å². The summed E-state index contributed by atoms with van der Waals surface area (Å²) < 4.78 is 18.6. The van der Waals surface area contributed by atoms with Gasteiger partial charge in [-0.3, -0.25) is 0 Å². The van der Waals surface area contributed by atoms with E-state index in [1.807, 2.05) is 19.9 Å². The topological polar surface area (TPSA) is 58.4 Å². The molecule has 0 bridgehead atoms. The maximum absolute atomic E-state index is 13.2. The number of carbonyl (C=O) groups is 1. The first kappa shape index (κ1) is 16.8. The number of likely N-dealkylation sites (tertiary alicyclic amines) is 1. The molecule has 1 aromatic carbocycles. The third kappa shape index (κ3) is 3.38. The van der Waals surface area contributed by atoms with Crippen molar-refractivity contribution in [3.05, 3.63) is 46.6 Å². The highest BCUT2D eigenvalue weighted by molar-refractivity contribution is 6.31. The number of halogens is 2. The smallest absolute Gasteiger partial charge is 0.322 e. The molecule has 1 aliphatic heterocycles. The lowest BCUT2D eigenvalue weighted by Crippen LogP contribution is -2.34. The summed E-state index contributed by atoms with van der Waals surface area (Å²) in [5.74, 6) is 0.538. The number of rotatable bonds is 3. The first-order chi connectivity index (χ1) is 11.5. The minimum Gasteiger partial charge on any atom is -0.361 e. The monoisotopic (exact) mass is 351 g/mol. The number of benzene rings is 1. The second kappa shape index (κ2) is 6.81. The summed E-state index contributed by atoms with van der Waals surface area (Å²) in [4.78, 5) is 14.3. The van der Waals surface area contributed by atoms with Gasteiger partial charge >= 0.3 is 6.03 Å². The normalized spacial score (nSPS) is 17.5. The van der Waals surface area contributed by atoms with Crippen molar-refractivity contribution < 1.29 is 13.7 Å². The number of nitrogens with zero attached hydrogens (tertiary/aromatic N) is 2. The Labute approximate surface area is 144 Å². The Balaban J connectivity index is 1.74. The summed E-state index contributed by atoms with van der Waals surface area (Å²) in [7, 11) is 0. The van der Waals surface area contributed by atoms with E-state index in [9.17, 15) is 9.18 Å². The Morgan fingerprint density at radius 2 is 2.25 bits per heavy atom. The van der Waals surface area contributed by atoms with Gasteiger partial charge in [0.2, 0.25) is 0 Å². The van der Waals surface area contributed by atoms with Crippen LogP contribution in [-0.4, -0.2) is 22.6 Å². The van der Waals surface area contributed by atoms with E-state index in [0.717, 1.165) is 24.3 Å². The number of amides is 2. The maximum atomic E-state index is 13.2. The lowest BCUT2D eigenvalue weighted by atomic mass is 10.1. The summed E-state index contributed by atoms with van der Waals surface area (Å²) >= 11 is 5.75. The van der Waals surface area contributed by atoms with Gasteiger partial charge in [0.15, 0.2) is 0 Å². The van der Waals surface area contributed by atoms with Crippen molar-refractivity contribution >= 4 is 23.3 Å². The Morgan fingerprint density at radius 3 is 2.92 bits per heavy atom. The highest BCUT2D eigenvalue weighted by Crippen LogP contribution is 2.33. The zero-order valence-electron chi connectivity index (χ0n) is 13.6. The lowest BCUT2D eigenvalue weighted by molar-refractivity contribution is 0.204. The van der Waals surface area contributed by atoms with Crippen molar-refractivity contribution in [3.63, 3.8) is 0 Å². The zero-order chi connectivity index (χ0) is 17.3. The van der Waals surface area contributed by atoms with Crippen LogP contribution in [0.2, 0.25) is 5.02 Å². The van der Waals surface area contributed by atoms with Gasteiger partial charge in [-0.05, 0) is 31.0 Å². The third-order valence-corrected chi connectivity index (χ3v) is 4.43. The number of urea groups is 1. The molecule has 1 aromatic heterocycles. The average Bonchev–Trinajstić information content (AvgIpc) is 3.18. The predicted molar refractivity (Wildman–Crippen MR) is 89.7 cm³/mol. The quantitative estimate of drug-likeness (QED) is 0.850. The van der Waals surface area contributed by atoms with E-state index in [-0.39, 0.29) is 23.0 Å². The molecule has 1 atom stereocenters. The van der Waals surface area contributed by atoms with E-state index in [4.69, 9.17) is 16.1 Å². The zero-order valence-corrected chi connectivity index (χ0v) is 14.3. The van der Waals surface area contributed by atoms with Crippen LogP contribution in [0.25, 0.3) is 0 Å². The number of nitrogens with one attached hydrogen (secondary N) is 1. The van der Waals surface area contributed by atoms with Crippen LogP contribution < -0.4 is 5.32 Å². The average molecular weight is 352 g/mol. The third-order valence-electron chi connectivity index (χ3n) is 4.14. The van der Waals surface area contributed by atoms with Crippen molar-refractivity contribution in [2.24, 2.45) is 0 Å². The first-order valence-electron chi connectivity index (χ1n) is 7.95. The molecule has 0 aliphatic carbocycles. The molecule has 128 valence electrons. The van der Waals surface area contributed by atoms with E-state index in [2.05, 4.69) is 10.5 Å². The molecule has 2 heterocycles. The molecule has 1 aliphatic rings. The Kier molecular flexibility index (Phi) is 4.76. The summed E-state index contributed by atoms with van der Waals surface area (Å²) in [5.41, 5.74) is 1.23. The fraction of sp³-hybridized carbons (Fsp3) is 0.412. The highest BCUT2D eigenvalue weighted by atomic mass is 35.5. The van der Waals surface area contributed by atoms with Crippen molar-refractivity contribution in [1.29, 1.82) is 0 Å². The van der Waals surface area contributed by atoms with E-state index < -0.39 is 5.82 Å². The molecule has 0 radical (unpaired) electrons. The predicted octanol–water partition coefficient (Wildman–Crippen LogP) is 4.96. The molecule has 2 aromatic rings. The van der Waals surface area contributed by atoms with Gasteiger partial charge in [0, 0.05) is 24.2 Å². The van der Waals surface area contributed by atoms with E-state index in [1.54, 1.807) is 4.90 Å². The molecule has 1 saturated heterocycles. The fourth-order valence-corrected chi connectivity index (χ4v) is 3.00. The van der Waals surface area contributed by atoms with Gasteiger partial charge in [0.25, 0.3) is 0 Å². The van der Waals surface area contributed by atoms with Crippen molar-refractivity contribution in [1.82, 2.24) is 10.1 Å². The van der Waals surface area contributed by atoms with Gasteiger partial charge in [-0.1, -0.05) is 30.6 Å². The van der Waals surface area contributed by atoms with Crippen molar-refractivity contribution in [3.8, 4) is 0 Å². The Bertz CT molecular complexity index is 747. The van der Waals surface area contributed by atoms with E-state index >= 15 is 0 Å². The van der Waals surface area contributed by atoms with Crippen molar-refractivity contribution in [2.75, 3.05) is 11.9 Å². The number of hydrogen-bond donors (Lipinski definition) is 1. The minimum atomic E-state index is -0.516. The highest BCUT2D eigenvalue weighted by Gasteiger charge is 2.32. The van der Waals surface area contributed by atoms with Gasteiger partial charge in [0.1, 0.15) is 17.3 Å². The SMILES string of the molecule is CC(C)c1cc([C@@H]2CCCN2C(=O)Nc2ccc(F)c(Cl)c2)no1. The molecule has 1 fully saturated rings. The molecule has 3 rings (SSSR count). The molecule has 5 nitrogen and oxygen atoms in total. The van der Waals surface area contributed by atoms with Crippen LogP contribution in [0.15, 0.2) is 28.8 Å². The van der Waals surface area contributed by atoms with E-state index in [0.29, 0.717) is 12.2 Å². The van der Waals surface area contributed by atoms with Crippen LogP contribution in [-0.2, 0) is 0 Å². The number of anilines is 1. The number of carbonyl (C=O) groups excluding carboxylic acids is 1. The number of aromatic nitrogens is 1. The van der Waals surface area contributed by atoms with Gasteiger partial charge < -0.3 is 14.7 Å². The van der Waals surface area contributed by atoms with Gasteiger partial charge in [-0.25, -0.2) is 9.18 Å². The van der Waals surface area contributed by atoms with Crippen molar-refractivity contribution in [2.45, 2.75) is 38.6 Å². The standard InChI is InChI=1S/C17H19ClFN3O2/c1-10(2)16-9-14(21-24-16)15-4-3-7-22(15)17(23)20-11-5-6-13(19)12(18)8-11/h5-6,8-10,15H,3-4,7H2,1-2H3,(H,20,23)/t15-/m0/s1. The van der Waals surface area contributed by atoms with Crippen LogP contribution in [0.1, 0.15) is 50.1 Å².